The van der Waals surface area contributed by atoms with Gasteiger partial charge in [-0.2, -0.15) is 0 Å². The summed E-state index contributed by atoms with van der Waals surface area (Å²) < 4.78 is 20.4. The number of H-pyrrole nitrogens is 3. The Balaban J connectivity index is 0.942. The first kappa shape index (κ1) is 72.4. The number of aromatic amines is 3. The number of carbonyl (C=O) groups is 4. The standard InChI is InChI=1S/C86H88N8O10/c1-15-55-47(3)65-39-67-49(5)57(31-35-81(95)101-11)71(87-67)43-73-59(33-37-83(97)103-13)51(7)69(89-73)41-77-63(85(9,99)79(93-77)45-75(55)91-65)29-21-25-53-23-17-19-27-61(53)62-28-20-18-24-54(62)26-22-30-64-78-42-70-52(8)60(34-38-84(98)104-14)74(90-70)44-72-58(32-36-82(96)102-12)50(6)68(88-72)40-66-48(4)56(16-2)76(92-66)46-80(94-78)86(64,10)100/h15-30,39,41-46,66,89-92,99-100H,1-2,31-38,40H2,3-14H3/b25-21+,26-22+,63-29-,64-30+,65-39?,67-39?,69-41?,71-43?,72-44-,73-43?,75-45?,76-46-,77-41?,78-42-,79-45?/t66?,85-,86-/m0/s1. The van der Waals surface area contributed by atoms with Gasteiger partial charge in [-0.1, -0.05) is 110 Å². The molecule has 0 aliphatic carbocycles. The number of fused-ring (bicyclic) bond motifs is 14. The monoisotopic (exact) mass is 1390 g/mol. The van der Waals surface area contributed by atoms with Crippen molar-refractivity contribution in [1.82, 2.24) is 30.2 Å². The van der Waals surface area contributed by atoms with E-state index >= 15 is 0 Å². The van der Waals surface area contributed by atoms with Gasteiger partial charge in [0, 0.05) is 93.7 Å². The molecule has 18 heteroatoms. The van der Waals surface area contributed by atoms with Crippen molar-refractivity contribution in [2.24, 2.45) is 9.98 Å². The van der Waals surface area contributed by atoms with Gasteiger partial charge >= 0.3 is 23.9 Å². The molecular formula is C86H88N8O10. The SMILES string of the molecule is C=CC1=C(C)C2CC3=N/C(=C\c4[nH]c(c(C)c4CCC(=O)OC)\C=C4N=C(/C=C/1N2)[C@@](C)(O)C/4=C/C=C/c1ccccc1-c1ccccc1/C=C/C=C1/c2cc4[nH]c(cc5nc(cc6[nH]c(cc(n2)[C@@]1(C)O)c(C=C)c6C)C(C)=C5CCC(=O)OC)c(CCC(=O)OC)c4C)C(CCC(=O)OC)=C3C. The highest BCUT2D eigenvalue weighted by molar-refractivity contribution is 6.10. The lowest BCUT2D eigenvalue weighted by Crippen LogP contribution is -2.33. The van der Waals surface area contributed by atoms with Gasteiger partial charge in [-0.3, -0.25) is 24.2 Å². The van der Waals surface area contributed by atoms with E-state index in [1.165, 1.54) is 28.4 Å². The molecule has 10 heterocycles. The van der Waals surface area contributed by atoms with Crippen LogP contribution in [0.3, 0.4) is 0 Å². The number of methoxy groups -OCH3 is 4. The Morgan fingerprint density at radius 1 is 0.558 bits per heavy atom. The Kier molecular flexibility index (Phi) is 20.8. The molecule has 0 saturated heterocycles. The Hall–Kier alpha value is -11.3. The normalized spacial score (nSPS) is 20.9. The fraction of sp³-hybridized carbons (Fsp3) is 0.279. The summed E-state index contributed by atoms with van der Waals surface area (Å²) in [5.74, 6) is -1.35. The maximum atomic E-state index is 13.0. The minimum Gasteiger partial charge on any atom is -0.469 e. The summed E-state index contributed by atoms with van der Waals surface area (Å²) >= 11 is 0. The summed E-state index contributed by atoms with van der Waals surface area (Å²) in [6, 6.07) is 23.8. The second-order valence-corrected chi connectivity index (χ2v) is 27.2. The third-order valence-corrected chi connectivity index (χ3v) is 21.0. The molecule has 3 atom stereocenters. The molecule has 0 saturated carbocycles. The summed E-state index contributed by atoms with van der Waals surface area (Å²) in [6.45, 7) is 24.0. The summed E-state index contributed by atoms with van der Waals surface area (Å²) in [5.41, 5.74) is 22.5. The number of hydrogen-bond donors (Lipinski definition) is 6. The van der Waals surface area contributed by atoms with Gasteiger partial charge in [0.15, 0.2) is 0 Å². The van der Waals surface area contributed by atoms with Crippen molar-refractivity contribution >= 4 is 104 Å². The smallest absolute Gasteiger partial charge is 0.305 e. The first-order valence-electron chi connectivity index (χ1n) is 35.0. The molecule has 18 nitrogen and oxygen atoms in total. The van der Waals surface area contributed by atoms with Gasteiger partial charge < -0.3 is 49.4 Å². The maximum absolute atomic E-state index is 13.0. The molecule has 532 valence electrons. The van der Waals surface area contributed by atoms with Crippen molar-refractivity contribution in [2.45, 2.75) is 130 Å². The molecule has 1 unspecified atom stereocenters. The molecule has 104 heavy (non-hydrogen) atoms. The lowest BCUT2D eigenvalue weighted by molar-refractivity contribution is -0.141. The largest absolute Gasteiger partial charge is 0.469 e. The molecular weight excluding hydrogens is 1300 g/mol. The molecule has 0 radical (unpaired) electrons. The number of carbonyl (C=O) groups excluding carboxylic acids is 4. The molecule has 6 aromatic rings. The van der Waals surface area contributed by atoms with E-state index in [9.17, 15) is 29.4 Å². The second kappa shape index (κ2) is 29.9. The van der Waals surface area contributed by atoms with Crippen LogP contribution in [0.15, 0.2) is 177 Å². The number of allylic oxidation sites excluding steroid dienone is 9. The highest BCUT2D eigenvalue weighted by Crippen LogP contribution is 2.44. The highest BCUT2D eigenvalue weighted by Gasteiger charge is 2.41. The number of benzene rings is 2. The molecule has 2 aromatic carbocycles. The van der Waals surface area contributed by atoms with Gasteiger partial charge in [0.1, 0.15) is 11.2 Å². The van der Waals surface area contributed by atoms with Crippen LogP contribution < -0.4 is 5.32 Å². The lowest BCUT2D eigenvalue weighted by atomic mass is 9.89. The van der Waals surface area contributed by atoms with E-state index in [-0.39, 0.29) is 55.6 Å². The topological polar surface area (TPSA) is 256 Å². The summed E-state index contributed by atoms with van der Waals surface area (Å²) in [7, 11) is 5.53. The predicted octanol–water partition coefficient (Wildman–Crippen LogP) is 16.0. The second-order valence-electron chi connectivity index (χ2n) is 27.2. The average molecular weight is 1390 g/mol. The van der Waals surface area contributed by atoms with Crippen molar-refractivity contribution < 1.29 is 48.3 Å². The first-order chi connectivity index (χ1) is 49.9. The number of esters is 4. The van der Waals surface area contributed by atoms with Crippen LogP contribution in [-0.4, -0.2) is 111 Å². The number of aliphatic hydroxyl groups is 2. The molecule has 12 rings (SSSR count). The third kappa shape index (κ3) is 14.2. The number of aliphatic imine (C=N–C) groups is 2. The Labute approximate surface area is 606 Å². The van der Waals surface area contributed by atoms with E-state index in [2.05, 4.69) is 52.5 Å². The number of nitrogens with zero attached hydrogens (tertiary/aromatic N) is 4. The van der Waals surface area contributed by atoms with Crippen LogP contribution in [-0.2, 0) is 56.6 Å². The molecule has 0 amide bonds. The Morgan fingerprint density at radius 2 is 1.12 bits per heavy atom. The molecule has 16 bridgehead atoms. The third-order valence-electron chi connectivity index (χ3n) is 21.0. The molecule has 0 fully saturated rings. The van der Waals surface area contributed by atoms with Gasteiger partial charge in [-0.15, -0.1) is 0 Å². The van der Waals surface area contributed by atoms with Gasteiger partial charge in [-0.05, 0) is 207 Å². The summed E-state index contributed by atoms with van der Waals surface area (Å²) in [5, 5.41) is 29.6. The zero-order valence-electron chi connectivity index (χ0n) is 61.1. The van der Waals surface area contributed by atoms with Crippen LogP contribution in [0.5, 0.6) is 0 Å². The summed E-state index contributed by atoms with van der Waals surface area (Å²) in [4.78, 5) is 82.6. The minimum absolute atomic E-state index is 0.126. The van der Waals surface area contributed by atoms with Crippen molar-refractivity contribution in [2.75, 3.05) is 28.4 Å². The van der Waals surface area contributed by atoms with E-state index in [0.717, 1.165) is 123 Å². The van der Waals surface area contributed by atoms with Crippen LogP contribution >= 0.6 is 0 Å². The molecule has 6 aliphatic rings. The van der Waals surface area contributed by atoms with E-state index in [1.54, 1.807) is 19.9 Å². The van der Waals surface area contributed by atoms with Crippen LogP contribution in [0.25, 0.3) is 80.3 Å². The van der Waals surface area contributed by atoms with Crippen molar-refractivity contribution in [3.63, 3.8) is 0 Å². The average Bonchev–Trinajstić information content (AvgIpc) is 1.60. The Morgan fingerprint density at radius 3 is 1.74 bits per heavy atom. The number of aryl methyl sites for hydroxylation is 3. The Bertz CT molecular complexity index is 5220. The maximum Gasteiger partial charge on any atom is 0.305 e. The van der Waals surface area contributed by atoms with Crippen molar-refractivity contribution in [3.05, 3.63) is 246 Å². The highest BCUT2D eigenvalue weighted by atomic mass is 16.5. The van der Waals surface area contributed by atoms with E-state index < -0.39 is 11.2 Å². The van der Waals surface area contributed by atoms with E-state index in [4.69, 9.17) is 38.9 Å². The first-order valence-corrected chi connectivity index (χ1v) is 35.0. The molecule has 4 aromatic heterocycles. The fourth-order valence-corrected chi connectivity index (χ4v) is 14.8. The molecule has 6 N–H and O–H groups in total. The van der Waals surface area contributed by atoms with Crippen molar-refractivity contribution in [3.8, 4) is 11.1 Å². The van der Waals surface area contributed by atoms with Crippen LogP contribution in [0.2, 0.25) is 0 Å². The van der Waals surface area contributed by atoms with Gasteiger partial charge in [0.05, 0.1) is 74.4 Å². The van der Waals surface area contributed by atoms with Gasteiger partial charge in [0.25, 0.3) is 0 Å². The number of nitrogens with one attached hydrogen (secondary N) is 4. The summed E-state index contributed by atoms with van der Waals surface area (Å²) in [6.07, 6.45) is 23.8. The lowest BCUT2D eigenvalue weighted by Gasteiger charge is -2.21. The molecule has 0 spiro atoms. The predicted molar refractivity (Wildman–Crippen MR) is 414 cm³/mol. The molecule has 6 aliphatic heterocycles. The van der Waals surface area contributed by atoms with E-state index in [1.807, 2.05) is 156 Å². The van der Waals surface area contributed by atoms with Crippen LogP contribution in [0.1, 0.15) is 158 Å². The number of hydrogen-bond acceptors (Lipinski definition) is 15. The zero-order valence-corrected chi connectivity index (χ0v) is 61.1. The number of rotatable bonds is 19. The van der Waals surface area contributed by atoms with Crippen LogP contribution in [0.4, 0.5) is 0 Å². The van der Waals surface area contributed by atoms with Crippen LogP contribution in [0, 0.1) is 20.8 Å². The van der Waals surface area contributed by atoms with Gasteiger partial charge in [-0.25, -0.2) is 15.0 Å². The van der Waals surface area contributed by atoms with Crippen molar-refractivity contribution in [1.29, 1.82) is 0 Å². The minimum atomic E-state index is -1.61. The zero-order chi connectivity index (χ0) is 74.1. The number of ether oxygens (including phenoxy) is 4. The van der Waals surface area contributed by atoms with E-state index in [0.29, 0.717) is 94.2 Å². The fourth-order valence-electron chi connectivity index (χ4n) is 14.8. The number of aromatic nitrogens is 5. The van der Waals surface area contributed by atoms with Gasteiger partial charge in [0.2, 0.25) is 0 Å². The quantitative estimate of drug-likeness (QED) is 0.0326.